The number of fused-ring (bicyclic) bond motifs is 3. The van der Waals surface area contributed by atoms with Crippen molar-refractivity contribution in [3.63, 3.8) is 0 Å². The molecular weight excluding hydrogens is 346 g/mol. The van der Waals surface area contributed by atoms with E-state index in [2.05, 4.69) is 56.0 Å². The number of hydrogen-bond acceptors (Lipinski definition) is 2. The fourth-order valence-electron chi connectivity index (χ4n) is 3.49. The zero-order chi connectivity index (χ0) is 19.9. The first-order valence-corrected chi connectivity index (χ1v) is 10.1. The second kappa shape index (κ2) is 9.41. The first-order chi connectivity index (χ1) is 13.6. The van der Waals surface area contributed by atoms with Gasteiger partial charge in [-0.3, -0.25) is 4.79 Å². The Morgan fingerprint density at radius 1 is 1.04 bits per heavy atom. The molecule has 0 unspecified atom stereocenters. The quantitative estimate of drug-likeness (QED) is 0.271. The molecular formula is C25H29NO2. The molecule has 0 aliphatic heterocycles. The van der Waals surface area contributed by atoms with Crippen LogP contribution < -0.4 is 4.74 Å². The Bertz CT molecular complexity index is 977. The van der Waals surface area contributed by atoms with Crippen molar-refractivity contribution in [1.29, 1.82) is 0 Å². The van der Waals surface area contributed by atoms with Crippen LogP contribution in [0, 0.1) is 0 Å². The van der Waals surface area contributed by atoms with Crippen LogP contribution >= 0.6 is 0 Å². The number of rotatable bonds is 9. The smallest absolute Gasteiger partial charge is 0.245 e. The van der Waals surface area contributed by atoms with E-state index >= 15 is 0 Å². The fourth-order valence-corrected chi connectivity index (χ4v) is 3.49. The maximum Gasteiger partial charge on any atom is 0.245 e. The third-order valence-electron chi connectivity index (χ3n) is 5.19. The summed E-state index contributed by atoms with van der Waals surface area (Å²) >= 11 is 0. The second-order valence-electron chi connectivity index (χ2n) is 7.27. The van der Waals surface area contributed by atoms with Gasteiger partial charge < -0.3 is 9.64 Å². The van der Waals surface area contributed by atoms with E-state index in [4.69, 9.17) is 4.74 Å². The van der Waals surface area contributed by atoms with Crippen LogP contribution in [0.2, 0.25) is 0 Å². The summed E-state index contributed by atoms with van der Waals surface area (Å²) in [6.07, 6.45) is 6.26. The lowest BCUT2D eigenvalue weighted by Crippen LogP contribution is -2.29. The van der Waals surface area contributed by atoms with Crippen LogP contribution in [0.4, 0.5) is 0 Å². The van der Waals surface area contributed by atoms with E-state index in [1.54, 1.807) is 11.9 Å². The molecule has 3 rings (SSSR count). The van der Waals surface area contributed by atoms with Crippen LogP contribution in [-0.2, 0) is 11.2 Å². The van der Waals surface area contributed by atoms with Crippen molar-refractivity contribution >= 4 is 27.5 Å². The van der Waals surface area contributed by atoms with Crippen molar-refractivity contribution in [3.8, 4) is 5.75 Å². The number of hydrogen-bond donors (Lipinski definition) is 0. The van der Waals surface area contributed by atoms with Crippen molar-refractivity contribution in [2.75, 3.05) is 20.2 Å². The maximum atomic E-state index is 11.5. The number of carbonyl (C=O) groups is 1. The van der Waals surface area contributed by atoms with Crippen molar-refractivity contribution in [1.82, 2.24) is 4.90 Å². The summed E-state index contributed by atoms with van der Waals surface area (Å²) in [6, 6.07) is 17.4. The molecule has 3 nitrogen and oxygen atoms in total. The highest BCUT2D eigenvalue weighted by molar-refractivity contribution is 6.07. The molecule has 0 radical (unpaired) electrons. The molecule has 0 aromatic heterocycles. The molecule has 28 heavy (non-hydrogen) atoms. The van der Waals surface area contributed by atoms with E-state index in [0.717, 1.165) is 12.2 Å². The van der Waals surface area contributed by atoms with Gasteiger partial charge in [0.05, 0.1) is 6.54 Å². The summed E-state index contributed by atoms with van der Waals surface area (Å²) in [5.41, 5.74) is 1.42. The van der Waals surface area contributed by atoms with Crippen LogP contribution in [0.3, 0.4) is 0 Å². The predicted molar refractivity (Wildman–Crippen MR) is 118 cm³/mol. The molecule has 0 saturated carbocycles. The highest BCUT2D eigenvalue weighted by atomic mass is 16.5. The first-order valence-electron chi connectivity index (χ1n) is 10.1. The second-order valence-corrected chi connectivity index (χ2v) is 7.27. The standard InChI is InChI=1S/C25H29NO2/c1-4-6-7-8-19-9-13-23-20(17-19)10-11-21-18-22(12-14-24(21)23)28-16-15-26(3)25(27)5-2/h5,9-14,17-18H,2,4,6-8,15-16H2,1,3H3. The Morgan fingerprint density at radius 2 is 1.75 bits per heavy atom. The average Bonchev–Trinajstić information content (AvgIpc) is 2.72. The number of carbonyl (C=O) groups excluding carboxylic acids is 1. The molecule has 0 saturated heterocycles. The predicted octanol–water partition coefficient (Wildman–Crippen LogP) is 5.75. The van der Waals surface area contributed by atoms with Crippen LogP contribution in [-0.4, -0.2) is 31.0 Å². The summed E-state index contributed by atoms with van der Waals surface area (Å²) in [4.78, 5) is 13.1. The minimum atomic E-state index is -0.0948. The van der Waals surface area contributed by atoms with Crippen molar-refractivity contribution in [3.05, 3.63) is 66.7 Å². The molecule has 0 aliphatic carbocycles. The lowest BCUT2D eigenvalue weighted by molar-refractivity contribution is -0.125. The number of benzene rings is 3. The van der Waals surface area contributed by atoms with Gasteiger partial charge in [0.2, 0.25) is 5.91 Å². The molecule has 3 aromatic rings. The monoisotopic (exact) mass is 375 g/mol. The third kappa shape index (κ3) is 4.72. The average molecular weight is 376 g/mol. The van der Waals surface area contributed by atoms with E-state index in [9.17, 15) is 4.79 Å². The van der Waals surface area contributed by atoms with Crippen LogP contribution in [0.15, 0.2) is 61.2 Å². The van der Waals surface area contributed by atoms with E-state index < -0.39 is 0 Å². The number of ether oxygens (including phenoxy) is 1. The minimum Gasteiger partial charge on any atom is -0.492 e. The molecule has 1 amide bonds. The summed E-state index contributed by atoms with van der Waals surface area (Å²) in [7, 11) is 1.75. The molecule has 0 bridgehead atoms. The largest absolute Gasteiger partial charge is 0.492 e. The van der Waals surface area contributed by atoms with Gasteiger partial charge in [0, 0.05) is 7.05 Å². The van der Waals surface area contributed by atoms with Crippen molar-refractivity contribution in [2.24, 2.45) is 0 Å². The zero-order valence-electron chi connectivity index (χ0n) is 16.9. The first kappa shape index (κ1) is 19.9. The van der Waals surface area contributed by atoms with Gasteiger partial charge in [-0.1, -0.05) is 62.7 Å². The van der Waals surface area contributed by atoms with E-state index in [1.807, 2.05) is 6.07 Å². The number of nitrogens with zero attached hydrogens (tertiary/aromatic N) is 1. The van der Waals surface area contributed by atoms with Gasteiger partial charge >= 0.3 is 0 Å². The van der Waals surface area contributed by atoms with E-state index in [-0.39, 0.29) is 5.91 Å². The molecule has 3 heteroatoms. The molecule has 3 aromatic carbocycles. The van der Waals surface area contributed by atoms with Gasteiger partial charge in [0.1, 0.15) is 12.4 Å². The minimum absolute atomic E-state index is 0.0948. The normalized spacial score (nSPS) is 10.9. The number of amides is 1. The molecule has 0 aliphatic rings. The molecule has 146 valence electrons. The van der Waals surface area contributed by atoms with Gasteiger partial charge in [-0.15, -0.1) is 0 Å². The van der Waals surface area contributed by atoms with Gasteiger partial charge in [-0.2, -0.15) is 0 Å². The Balaban J connectivity index is 1.73. The summed E-state index contributed by atoms with van der Waals surface area (Å²) in [6.45, 7) is 6.72. The van der Waals surface area contributed by atoms with Crippen LogP contribution in [0.25, 0.3) is 21.5 Å². The van der Waals surface area contributed by atoms with Gasteiger partial charge in [-0.05, 0) is 58.2 Å². The third-order valence-corrected chi connectivity index (χ3v) is 5.19. The fraction of sp³-hybridized carbons (Fsp3) is 0.320. The van der Waals surface area contributed by atoms with E-state index in [1.165, 1.54) is 52.4 Å². The number of unbranched alkanes of at least 4 members (excludes halogenated alkanes) is 2. The van der Waals surface area contributed by atoms with Crippen molar-refractivity contribution in [2.45, 2.75) is 32.6 Å². The van der Waals surface area contributed by atoms with Crippen molar-refractivity contribution < 1.29 is 9.53 Å². The summed E-state index contributed by atoms with van der Waals surface area (Å²) in [5.74, 6) is 0.727. The number of likely N-dealkylation sites (N-methyl/N-ethyl adjacent to an activating group) is 1. The molecule has 0 fully saturated rings. The summed E-state index contributed by atoms with van der Waals surface area (Å²) in [5, 5.41) is 4.97. The number of aryl methyl sites for hydroxylation is 1. The highest BCUT2D eigenvalue weighted by Crippen LogP contribution is 2.29. The van der Waals surface area contributed by atoms with Crippen LogP contribution in [0.5, 0.6) is 5.75 Å². The Hall–Kier alpha value is -2.81. The maximum absolute atomic E-state index is 11.5. The topological polar surface area (TPSA) is 29.5 Å². The Morgan fingerprint density at radius 3 is 2.46 bits per heavy atom. The molecule has 0 heterocycles. The Labute approximate surface area is 167 Å². The van der Waals surface area contributed by atoms with Gasteiger partial charge in [0.15, 0.2) is 0 Å². The van der Waals surface area contributed by atoms with Gasteiger partial charge in [-0.25, -0.2) is 0 Å². The Kier molecular flexibility index (Phi) is 6.70. The van der Waals surface area contributed by atoms with E-state index in [0.29, 0.717) is 13.2 Å². The summed E-state index contributed by atoms with van der Waals surface area (Å²) < 4.78 is 5.84. The SMILES string of the molecule is C=CC(=O)N(C)CCOc1ccc2c(ccc3cc(CCCCC)ccc32)c1. The van der Waals surface area contributed by atoms with Gasteiger partial charge in [0.25, 0.3) is 0 Å². The molecule has 0 atom stereocenters. The lowest BCUT2D eigenvalue weighted by Gasteiger charge is -2.15. The van der Waals surface area contributed by atoms with Crippen LogP contribution in [0.1, 0.15) is 31.7 Å². The molecule has 0 spiro atoms. The molecule has 0 N–H and O–H groups in total. The lowest BCUT2D eigenvalue weighted by atomic mass is 9.98. The highest BCUT2D eigenvalue weighted by Gasteiger charge is 2.06. The zero-order valence-corrected chi connectivity index (χ0v) is 16.9.